The van der Waals surface area contributed by atoms with Crippen molar-refractivity contribution in [3.8, 4) is 0 Å². The van der Waals surface area contributed by atoms with Crippen LogP contribution in [0.15, 0.2) is 24.3 Å². The lowest BCUT2D eigenvalue weighted by atomic mass is 9.85. The number of halogens is 1. The number of aliphatic carboxylic acids is 1. The minimum absolute atomic E-state index is 0.191. The molecule has 0 bridgehead atoms. The second-order valence-corrected chi connectivity index (χ2v) is 5.78. The summed E-state index contributed by atoms with van der Waals surface area (Å²) in [7, 11) is 0. The summed E-state index contributed by atoms with van der Waals surface area (Å²) in [4.78, 5) is 11.1. The molecule has 0 aliphatic heterocycles. The van der Waals surface area contributed by atoms with E-state index in [4.69, 9.17) is 16.7 Å². The molecule has 1 aliphatic carbocycles. The van der Waals surface area contributed by atoms with Gasteiger partial charge in [-0.2, -0.15) is 0 Å². The van der Waals surface area contributed by atoms with Gasteiger partial charge in [0.2, 0.25) is 0 Å². The molecule has 0 saturated heterocycles. The van der Waals surface area contributed by atoms with Crippen LogP contribution in [0, 0.1) is 5.92 Å². The minimum atomic E-state index is -0.665. The molecule has 0 amide bonds. The third kappa shape index (κ3) is 3.95. The topological polar surface area (TPSA) is 49.3 Å². The molecule has 3 unspecified atom stereocenters. The van der Waals surface area contributed by atoms with Crippen molar-refractivity contribution in [2.24, 2.45) is 5.92 Å². The maximum absolute atomic E-state index is 11.1. The molecule has 3 nitrogen and oxygen atoms in total. The Hall–Kier alpha value is -1.06. The van der Waals surface area contributed by atoms with Gasteiger partial charge in [-0.3, -0.25) is 4.79 Å². The Labute approximate surface area is 119 Å². The number of hydrogen-bond donors (Lipinski definition) is 2. The number of hydrogen-bond acceptors (Lipinski definition) is 2. The number of carboxylic acid groups (broad SMARTS) is 1. The van der Waals surface area contributed by atoms with Crippen LogP contribution < -0.4 is 5.32 Å². The fourth-order valence-electron chi connectivity index (χ4n) is 2.79. The summed E-state index contributed by atoms with van der Waals surface area (Å²) in [6.07, 6.45) is 3.56. The maximum atomic E-state index is 11.1. The van der Waals surface area contributed by atoms with Crippen molar-refractivity contribution in [1.29, 1.82) is 0 Å². The van der Waals surface area contributed by atoms with Gasteiger partial charge in [-0.05, 0) is 43.9 Å². The van der Waals surface area contributed by atoms with Gasteiger partial charge in [0.05, 0.1) is 5.92 Å². The highest BCUT2D eigenvalue weighted by atomic mass is 35.5. The molecule has 4 heteroatoms. The smallest absolute Gasteiger partial charge is 0.306 e. The number of rotatable bonds is 4. The molecule has 1 aromatic rings. The molecule has 0 radical (unpaired) electrons. The van der Waals surface area contributed by atoms with Crippen molar-refractivity contribution in [2.75, 3.05) is 0 Å². The van der Waals surface area contributed by atoms with E-state index in [9.17, 15) is 4.79 Å². The van der Waals surface area contributed by atoms with Crippen LogP contribution in [0.4, 0.5) is 0 Å². The fourth-order valence-corrected chi connectivity index (χ4v) is 2.99. The van der Waals surface area contributed by atoms with Crippen molar-refractivity contribution >= 4 is 17.6 Å². The molecule has 19 heavy (non-hydrogen) atoms. The molecular weight excluding hydrogens is 262 g/mol. The van der Waals surface area contributed by atoms with Gasteiger partial charge in [0.1, 0.15) is 0 Å². The van der Waals surface area contributed by atoms with Gasteiger partial charge >= 0.3 is 5.97 Å². The van der Waals surface area contributed by atoms with Crippen molar-refractivity contribution in [1.82, 2.24) is 5.32 Å². The first kappa shape index (κ1) is 14.4. The highest BCUT2D eigenvalue weighted by Crippen LogP contribution is 2.27. The number of nitrogens with one attached hydrogen (secondary N) is 1. The molecule has 2 N–H and O–H groups in total. The summed E-state index contributed by atoms with van der Waals surface area (Å²) in [6, 6.07) is 8.27. The Bertz CT molecular complexity index is 450. The van der Waals surface area contributed by atoms with Crippen molar-refractivity contribution in [3.63, 3.8) is 0 Å². The summed E-state index contributed by atoms with van der Waals surface area (Å²) in [5.41, 5.74) is 1.14. The maximum Gasteiger partial charge on any atom is 0.306 e. The van der Waals surface area contributed by atoms with Crippen molar-refractivity contribution in [3.05, 3.63) is 34.9 Å². The van der Waals surface area contributed by atoms with Gasteiger partial charge in [0.15, 0.2) is 0 Å². The Morgan fingerprint density at radius 1 is 1.47 bits per heavy atom. The van der Waals surface area contributed by atoms with E-state index in [1.807, 2.05) is 24.3 Å². The molecule has 3 atom stereocenters. The average Bonchev–Trinajstić information content (AvgIpc) is 2.39. The predicted octanol–water partition coefficient (Wildman–Crippen LogP) is 3.63. The van der Waals surface area contributed by atoms with Crippen molar-refractivity contribution in [2.45, 2.75) is 44.7 Å². The lowest BCUT2D eigenvalue weighted by Gasteiger charge is -2.30. The molecular formula is C15H20ClNO2. The van der Waals surface area contributed by atoms with Crippen LogP contribution >= 0.6 is 11.6 Å². The molecule has 1 fully saturated rings. The lowest BCUT2D eigenvalue weighted by Crippen LogP contribution is -2.37. The summed E-state index contributed by atoms with van der Waals surface area (Å²) >= 11 is 5.99. The summed E-state index contributed by atoms with van der Waals surface area (Å²) in [5.74, 6) is -0.861. The monoisotopic (exact) mass is 281 g/mol. The first-order valence-electron chi connectivity index (χ1n) is 6.80. The summed E-state index contributed by atoms with van der Waals surface area (Å²) in [5, 5.41) is 13.4. The van der Waals surface area contributed by atoms with Crippen LogP contribution in [0.5, 0.6) is 0 Å². The van der Waals surface area contributed by atoms with Crippen LogP contribution in [0.3, 0.4) is 0 Å². The summed E-state index contributed by atoms with van der Waals surface area (Å²) < 4.78 is 0. The first-order chi connectivity index (χ1) is 9.06. The molecule has 2 rings (SSSR count). The lowest BCUT2D eigenvalue weighted by molar-refractivity contribution is -0.143. The highest BCUT2D eigenvalue weighted by molar-refractivity contribution is 6.30. The second kappa shape index (κ2) is 6.40. The Kier molecular flexibility index (Phi) is 4.83. The minimum Gasteiger partial charge on any atom is -0.481 e. The zero-order valence-electron chi connectivity index (χ0n) is 11.1. The quantitative estimate of drug-likeness (QED) is 0.886. The van der Waals surface area contributed by atoms with Gasteiger partial charge in [-0.15, -0.1) is 0 Å². The second-order valence-electron chi connectivity index (χ2n) is 5.34. The zero-order valence-corrected chi connectivity index (χ0v) is 11.9. The van der Waals surface area contributed by atoms with Gasteiger partial charge in [-0.1, -0.05) is 30.2 Å². The molecule has 1 aromatic carbocycles. The van der Waals surface area contributed by atoms with E-state index < -0.39 is 5.97 Å². The van der Waals surface area contributed by atoms with Crippen LogP contribution in [-0.4, -0.2) is 17.1 Å². The van der Waals surface area contributed by atoms with Gasteiger partial charge in [0, 0.05) is 17.1 Å². The van der Waals surface area contributed by atoms with Gasteiger partial charge < -0.3 is 10.4 Å². The average molecular weight is 282 g/mol. The summed E-state index contributed by atoms with van der Waals surface area (Å²) in [6.45, 7) is 2.09. The fraction of sp³-hybridized carbons (Fsp3) is 0.533. The molecule has 0 aromatic heterocycles. The highest BCUT2D eigenvalue weighted by Gasteiger charge is 2.27. The molecule has 0 heterocycles. The normalized spacial score (nSPS) is 24.9. The van der Waals surface area contributed by atoms with E-state index in [2.05, 4.69) is 12.2 Å². The van der Waals surface area contributed by atoms with Gasteiger partial charge in [-0.25, -0.2) is 0 Å². The van der Waals surface area contributed by atoms with E-state index in [1.54, 1.807) is 0 Å². The van der Waals surface area contributed by atoms with E-state index in [0.29, 0.717) is 0 Å². The first-order valence-corrected chi connectivity index (χ1v) is 7.18. The molecule has 104 valence electrons. The Balaban J connectivity index is 1.95. The van der Waals surface area contributed by atoms with E-state index >= 15 is 0 Å². The predicted molar refractivity (Wildman–Crippen MR) is 76.4 cm³/mol. The van der Waals surface area contributed by atoms with E-state index in [-0.39, 0.29) is 18.0 Å². The van der Waals surface area contributed by atoms with E-state index in [1.165, 1.54) is 0 Å². The van der Waals surface area contributed by atoms with Crippen LogP contribution in [0.1, 0.15) is 44.2 Å². The zero-order chi connectivity index (χ0) is 13.8. The van der Waals surface area contributed by atoms with Crippen LogP contribution in [0.25, 0.3) is 0 Å². The van der Waals surface area contributed by atoms with Crippen LogP contribution in [-0.2, 0) is 4.79 Å². The number of carboxylic acids is 1. The number of benzene rings is 1. The van der Waals surface area contributed by atoms with Crippen molar-refractivity contribution < 1.29 is 9.90 Å². The SMILES string of the molecule is CC(NC1CCCC(C(=O)O)C1)c1cccc(Cl)c1. The number of carbonyl (C=O) groups is 1. The molecule has 1 saturated carbocycles. The third-order valence-electron chi connectivity index (χ3n) is 3.86. The Morgan fingerprint density at radius 3 is 2.95 bits per heavy atom. The van der Waals surface area contributed by atoms with Crippen LogP contribution in [0.2, 0.25) is 5.02 Å². The standard InChI is InChI=1S/C15H20ClNO2/c1-10(11-4-2-6-13(16)8-11)17-14-7-3-5-12(9-14)15(18)19/h2,4,6,8,10,12,14,17H,3,5,7,9H2,1H3,(H,18,19). The largest absolute Gasteiger partial charge is 0.481 e. The third-order valence-corrected chi connectivity index (χ3v) is 4.09. The molecule has 1 aliphatic rings. The van der Waals surface area contributed by atoms with Gasteiger partial charge in [0.25, 0.3) is 0 Å². The Morgan fingerprint density at radius 2 is 2.26 bits per heavy atom. The van der Waals surface area contributed by atoms with E-state index in [0.717, 1.165) is 36.3 Å². The molecule has 0 spiro atoms.